The van der Waals surface area contributed by atoms with Crippen molar-refractivity contribution in [1.29, 1.82) is 5.26 Å². The zero-order valence-corrected chi connectivity index (χ0v) is 10.2. The van der Waals surface area contributed by atoms with E-state index in [-0.39, 0.29) is 6.61 Å². The van der Waals surface area contributed by atoms with Crippen molar-refractivity contribution < 1.29 is 9.84 Å². The molecule has 0 atom stereocenters. The van der Waals surface area contributed by atoms with Gasteiger partial charge in [-0.25, -0.2) is 0 Å². The fourth-order valence-electron chi connectivity index (χ4n) is 1.46. The highest BCUT2D eigenvalue weighted by Gasteiger charge is 2.05. The number of aliphatic hydroxyl groups excluding tert-OH is 1. The highest BCUT2D eigenvalue weighted by Crippen LogP contribution is 2.28. The first-order valence-electron chi connectivity index (χ1n) is 5.30. The average molecular weight is 260 g/mol. The molecule has 0 fully saturated rings. The summed E-state index contributed by atoms with van der Waals surface area (Å²) >= 11 is 5.87. The summed E-state index contributed by atoms with van der Waals surface area (Å²) in [5, 5.41) is 18.4. The van der Waals surface area contributed by atoms with Gasteiger partial charge >= 0.3 is 0 Å². The molecule has 1 N–H and O–H groups in total. The summed E-state index contributed by atoms with van der Waals surface area (Å²) < 4.78 is 5.59. The van der Waals surface area contributed by atoms with Crippen molar-refractivity contribution in [3.63, 3.8) is 0 Å². The number of hydrogen-bond donors (Lipinski definition) is 1. The second-order valence-electron chi connectivity index (χ2n) is 3.66. The Bertz CT molecular complexity index is 588. The molecule has 3 nitrogen and oxygen atoms in total. The van der Waals surface area contributed by atoms with Crippen LogP contribution in [0.2, 0.25) is 5.02 Å². The molecule has 18 heavy (non-hydrogen) atoms. The zero-order valence-electron chi connectivity index (χ0n) is 9.43. The van der Waals surface area contributed by atoms with Gasteiger partial charge in [0.05, 0.1) is 12.2 Å². The van der Waals surface area contributed by atoms with Crippen LogP contribution in [0, 0.1) is 11.3 Å². The number of rotatable bonds is 3. The average Bonchev–Trinajstić information content (AvgIpc) is 2.40. The van der Waals surface area contributed by atoms with Crippen molar-refractivity contribution in [3.05, 3.63) is 58.6 Å². The van der Waals surface area contributed by atoms with Gasteiger partial charge in [-0.3, -0.25) is 0 Å². The second-order valence-corrected chi connectivity index (χ2v) is 4.09. The number of ether oxygens (including phenoxy) is 1. The third kappa shape index (κ3) is 2.80. The molecule has 90 valence electrons. The van der Waals surface area contributed by atoms with Gasteiger partial charge in [-0.15, -0.1) is 0 Å². The Balaban J connectivity index is 2.27. The molecule has 0 unspecified atom stereocenters. The van der Waals surface area contributed by atoms with Crippen LogP contribution < -0.4 is 4.74 Å². The molecule has 0 aromatic heterocycles. The first-order chi connectivity index (χ1) is 8.72. The molecule has 0 aliphatic heterocycles. The van der Waals surface area contributed by atoms with Gasteiger partial charge in [0, 0.05) is 11.1 Å². The summed E-state index contributed by atoms with van der Waals surface area (Å²) in [6, 6.07) is 13.9. The van der Waals surface area contributed by atoms with Crippen molar-refractivity contribution in [3.8, 4) is 17.6 Å². The van der Waals surface area contributed by atoms with Gasteiger partial charge < -0.3 is 9.84 Å². The Labute approximate surface area is 110 Å². The molecule has 0 aliphatic rings. The Hall–Kier alpha value is -2.02. The summed E-state index contributed by atoms with van der Waals surface area (Å²) in [7, 11) is 0. The van der Waals surface area contributed by atoms with Crippen molar-refractivity contribution in [2.24, 2.45) is 0 Å². The SMILES string of the molecule is N#Cc1ccc(Cl)cc1Oc1ccc(CO)cc1. The summed E-state index contributed by atoms with van der Waals surface area (Å²) in [5.74, 6) is 1.01. The predicted octanol–water partition coefficient (Wildman–Crippen LogP) is 3.50. The monoisotopic (exact) mass is 259 g/mol. The smallest absolute Gasteiger partial charge is 0.146 e. The summed E-state index contributed by atoms with van der Waals surface area (Å²) in [5.41, 5.74) is 1.22. The second kappa shape index (κ2) is 5.54. The van der Waals surface area contributed by atoms with Crippen LogP contribution in [0.1, 0.15) is 11.1 Å². The number of halogens is 1. The Morgan fingerprint density at radius 1 is 1.17 bits per heavy atom. The molecule has 2 rings (SSSR count). The number of benzene rings is 2. The van der Waals surface area contributed by atoms with E-state index in [4.69, 9.17) is 26.7 Å². The van der Waals surface area contributed by atoms with Crippen LogP contribution in [0.3, 0.4) is 0 Å². The molecular formula is C14H10ClNO2. The standard InChI is InChI=1S/C14H10ClNO2/c15-12-4-3-11(8-16)14(7-12)18-13-5-1-10(9-17)2-6-13/h1-7,17H,9H2. The predicted molar refractivity (Wildman–Crippen MR) is 68.6 cm³/mol. The molecule has 0 saturated heterocycles. The maximum Gasteiger partial charge on any atom is 0.146 e. The molecular weight excluding hydrogens is 250 g/mol. The van der Waals surface area contributed by atoms with E-state index in [0.29, 0.717) is 22.1 Å². The van der Waals surface area contributed by atoms with Gasteiger partial charge in [0.25, 0.3) is 0 Å². The highest BCUT2D eigenvalue weighted by atomic mass is 35.5. The van der Waals surface area contributed by atoms with Crippen LogP contribution in [0.15, 0.2) is 42.5 Å². The molecule has 2 aromatic carbocycles. The fraction of sp³-hybridized carbons (Fsp3) is 0.0714. The Morgan fingerprint density at radius 2 is 1.89 bits per heavy atom. The first kappa shape index (κ1) is 12.4. The van der Waals surface area contributed by atoms with E-state index in [2.05, 4.69) is 0 Å². The van der Waals surface area contributed by atoms with Gasteiger partial charge in [-0.1, -0.05) is 23.7 Å². The van der Waals surface area contributed by atoms with Crippen molar-refractivity contribution in [2.45, 2.75) is 6.61 Å². The lowest BCUT2D eigenvalue weighted by molar-refractivity contribution is 0.281. The van der Waals surface area contributed by atoms with E-state index in [1.54, 1.807) is 42.5 Å². The van der Waals surface area contributed by atoms with Crippen LogP contribution >= 0.6 is 11.6 Å². The van der Waals surface area contributed by atoms with Crippen LogP contribution in [0.25, 0.3) is 0 Å². The van der Waals surface area contributed by atoms with Crippen molar-refractivity contribution in [2.75, 3.05) is 0 Å². The van der Waals surface area contributed by atoms with Crippen molar-refractivity contribution >= 4 is 11.6 Å². The number of nitrogens with zero attached hydrogens (tertiary/aromatic N) is 1. The largest absolute Gasteiger partial charge is 0.456 e. The maximum atomic E-state index is 8.96. The van der Waals surface area contributed by atoms with Crippen LogP contribution in [-0.4, -0.2) is 5.11 Å². The number of aliphatic hydroxyl groups is 1. The fourth-order valence-corrected chi connectivity index (χ4v) is 1.62. The van der Waals surface area contributed by atoms with Gasteiger partial charge in [0.1, 0.15) is 17.6 Å². The summed E-state index contributed by atoms with van der Waals surface area (Å²) in [6.07, 6.45) is 0. The Kier molecular flexibility index (Phi) is 3.83. The molecule has 0 amide bonds. The quantitative estimate of drug-likeness (QED) is 0.918. The van der Waals surface area contributed by atoms with Crippen LogP contribution in [0.4, 0.5) is 0 Å². The number of hydrogen-bond acceptors (Lipinski definition) is 3. The normalized spacial score (nSPS) is 9.83. The molecule has 0 aliphatic carbocycles. The molecule has 2 aromatic rings. The van der Waals surface area contributed by atoms with Crippen molar-refractivity contribution in [1.82, 2.24) is 0 Å². The van der Waals surface area contributed by atoms with E-state index >= 15 is 0 Å². The zero-order chi connectivity index (χ0) is 13.0. The van der Waals surface area contributed by atoms with Gasteiger partial charge in [0.15, 0.2) is 0 Å². The third-order valence-corrected chi connectivity index (χ3v) is 2.63. The summed E-state index contributed by atoms with van der Waals surface area (Å²) in [4.78, 5) is 0. The van der Waals surface area contributed by atoms with Gasteiger partial charge in [-0.2, -0.15) is 5.26 Å². The lowest BCUT2D eigenvalue weighted by atomic mass is 10.2. The third-order valence-electron chi connectivity index (χ3n) is 2.40. The molecule has 0 bridgehead atoms. The first-order valence-corrected chi connectivity index (χ1v) is 5.68. The van der Waals surface area contributed by atoms with E-state index in [1.165, 1.54) is 0 Å². The van der Waals surface area contributed by atoms with E-state index in [1.807, 2.05) is 6.07 Å². The minimum absolute atomic E-state index is 0.0130. The van der Waals surface area contributed by atoms with Crippen LogP contribution in [0.5, 0.6) is 11.5 Å². The van der Waals surface area contributed by atoms with Gasteiger partial charge in [0.2, 0.25) is 0 Å². The van der Waals surface area contributed by atoms with Crippen LogP contribution in [-0.2, 0) is 6.61 Å². The molecule has 0 heterocycles. The minimum atomic E-state index is -0.0130. The summed E-state index contributed by atoms with van der Waals surface area (Å²) in [6.45, 7) is -0.0130. The highest BCUT2D eigenvalue weighted by molar-refractivity contribution is 6.30. The lowest BCUT2D eigenvalue weighted by Crippen LogP contribution is -1.89. The molecule has 0 spiro atoms. The topological polar surface area (TPSA) is 53.2 Å². The Morgan fingerprint density at radius 3 is 2.50 bits per heavy atom. The maximum absolute atomic E-state index is 8.96. The van der Waals surface area contributed by atoms with E-state index in [9.17, 15) is 0 Å². The number of nitriles is 1. The molecule has 4 heteroatoms. The minimum Gasteiger partial charge on any atom is -0.456 e. The van der Waals surface area contributed by atoms with Gasteiger partial charge in [-0.05, 0) is 29.8 Å². The molecule has 0 saturated carbocycles. The molecule has 0 radical (unpaired) electrons. The lowest BCUT2D eigenvalue weighted by Gasteiger charge is -2.08. The van der Waals surface area contributed by atoms with E-state index < -0.39 is 0 Å². The van der Waals surface area contributed by atoms with E-state index in [0.717, 1.165) is 5.56 Å².